The molecule has 1 amide bonds. The molecule has 0 fully saturated rings. The lowest BCUT2D eigenvalue weighted by molar-refractivity contribution is 0.0778. The van der Waals surface area contributed by atoms with Crippen molar-refractivity contribution < 1.29 is 13.2 Å². The Morgan fingerprint density at radius 1 is 1.21 bits per heavy atom. The second kappa shape index (κ2) is 7.80. The summed E-state index contributed by atoms with van der Waals surface area (Å²) in [5.74, 6) is -0.197. The lowest BCUT2D eigenvalue weighted by atomic mass is 10.1. The average Bonchev–Trinajstić information content (AvgIpc) is 3.01. The van der Waals surface area contributed by atoms with E-state index in [1.54, 1.807) is 23.1 Å². The molecule has 5 nitrogen and oxygen atoms in total. The Morgan fingerprint density at radius 2 is 1.93 bits per heavy atom. The number of rotatable bonds is 6. The Bertz CT molecular complexity index is 1010. The molecule has 0 N–H and O–H groups in total. The van der Waals surface area contributed by atoms with Crippen LogP contribution >= 0.6 is 0 Å². The van der Waals surface area contributed by atoms with Gasteiger partial charge < -0.3 is 4.90 Å². The van der Waals surface area contributed by atoms with Crippen LogP contribution < -0.4 is 4.31 Å². The summed E-state index contributed by atoms with van der Waals surface area (Å²) in [7, 11) is -3.77. The number of fused-ring (bicyclic) bond motifs is 1. The Labute approximate surface area is 167 Å². The van der Waals surface area contributed by atoms with E-state index in [4.69, 9.17) is 0 Å². The SMILES string of the molecule is C=C(C)CN(CC)C(=O)c1cccc(S(=O)(=O)N2c3ccccc3CC2C)c1. The molecule has 1 heterocycles. The maximum Gasteiger partial charge on any atom is 0.264 e. The highest BCUT2D eigenvalue weighted by Crippen LogP contribution is 2.36. The smallest absolute Gasteiger partial charge is 0.264 e. The van der Waals surface area contributed by atoms with Crippen molar-refractivity contribution in [1.82, 2.24) is 4.90 Å². The summed E-state index contributed by atoms with van der Waals surface area (Å²) in [4.78, 5) is 14.6. The summed E-state index contributed by atoms with van der Waals surface area (Å²) in [6.07, 6.45) is 0.677. The van der Waals surface area contributed by atoms with Crippen LogP contribution in [0.25, 0.3) is 0 Å². The molecule has 0 saturated heterocycles. The number of amides is 1. The van der Waals surface area contributed by atoms with Crippen LogP contribution in [0.3, 0.4) is 0 Å². The molecule has 2 aromatic rings. The van der Waals surface area contributed by atoms with E-state index in [0.717, 1.165) is 11.1 Å². The number of hydrogen-bond acceptors (Lipinski definition) is 3. The predicted octanol–water partition coefficient (Wildman–Crippen LogP) is 3.86. The van der Waals surface area contributed by atoms with Crippen molar-refractivity contribution in [2.75, 3.05) is 17.4 Å². The largest absolute Gasteiger partial charge is 0.335 e. The monoisotopic (exact) mass is 398 g/mol. The number of carbonyl (C=O) groups is 1. The van der Waals surface area contributed by atoms with Gasteiger partial charge in [-0.2, -0.15) is 0 Å². The molecule has 0 aromatic heterocycles. The average molecular weight is 399 g/mol. The molecule has 0 aliphatic carbocycles. The van der Waals surface area contributed by atoms with Crippen LogP contribution in [0.4, 0.5) is 5.69 Å². The van der Waals surface area contributed by atoms with E-state index in [1.165, 1.54) is 10.4 Å². The van der Waals surface area contributed by atoms with E-state index in [2.05, 4.69) is 6.58 Å². The van der Waals surface area contributed by atoms with E-state index in [0.29, 0.717) is 30.8 Å². The third-order valence-electron chi connectivity index (χ3n) is 4.91. The minimum Gasteiger partial charge on any atom is -0.335 e. The fourth-order valence-electron chi connectivity index (χ4n) is 3.64. The molecule has 1 unspecified atom stereocenters. The van der Waals surface area contributed by atoms with E-state index >= 15 is 0 Å². The van der Waals surface area contributed by atoms with Crippen LogP contribution in [0.1, 0.15) is 36.7 Å². The standard InChI is InChI=1S/C22H26N2O3S/c1-5-23(15-16(2)3)22(25)19-10-8-11-20(14-19)28(26,27)24-17(4)13-18-9-6-7-12-21(18)24/h6-12,14,17H,2,5,13,15H2,1,3-4H3. The van der Waals surface area contributed by atoms with Crippen LogP contribution in [0.15, 0.2) is 65.6 Å². The second-order valence-electron chi connectivity index (χ2n) is 7.29. The minimum atomic E-state index is -3.77. The topological polar surface area (TPSA) is 57.7 Å². The molecule has 2 aromatic carbocycles. The Morgan fingerprint density at radius 3 is 2.61 bits per heavy atom. The molecule has 148 valence electrons. The maximum absolute atomic E-state index is 13.4. The molecule has 0 bridgehead atoms. The Balaban J connectivity index is 1.97. The molecular weight excluding hydrogens is 372 g/mol. The fourth-order valence-corrected chi connectivity index (χ4v) is 5.38. The van der Waals surface area contributed by atoms with Crippen molar-refractivity contribution in [1.29, 1.82) is 0 Å². The van der Waals surface area contributed by atoms with Gasteiger partial charge in [0.15, 0.2) is 0 Å². The first-order valence-corrected chi connectivity index (χ1v) is 10.9. The lowest BCUT2D eigenvalue weighted by Crippen LogP contribution is -2.36. The van der Waals surface area contributed by atoms with Gasteiger partial charge in [0, 0.05) is 24.7 Å². The number of sulfonamides is 1. The van der Waals surface area contributed by atoms with Gasteiger partial charge in [0.05, 0.1) is 10.6 Å². The van der Waals surface area contributed by atoms with Gasteiger partial charge >= 0.3 is 0 Å². The van der Waals surface area contributed by atoms with Crippen LogP contribution in [0.5, 0.6) is 0 Å². The minimum absolute atomic E-state index is 0.133. The molecular formula is C22H26N2O3S. The molecule has 0 radical (unpaired) electrons. The van der Waals surface area contributed by atoms with Crippen molar-refractivity contribution >= 4 is 21.6 Å². The van der Waals surface area contributed by atoms with Crippen LogP contribution in [0.2, 0.25) is 0 Å². The molecule has 6 heteroatoms. The van der Waals surface area contributed by atoms with Gasteiger partial charge in [-0.1, -0.05) is 36.4 Å². The normalized spacial score (nSPS) is 16.0. The van der Waals surface area contributed by atoms with Crippen molar-refractivity contribution in [2.24, 2.45) is 0 Å². The van der Waals surface area contributed by atoms with Gasteiger partial charge in [0.2, 0.25) is 0 Å². The van der Waals surface area contributed by atoms with E-state index in [-0.39, 0.29) is 16.8 Å². The third-order valence-corrected chi connectivity index (χ3v) is 6.84. The molecule has 1 aliphatic rings. The van der Waals surface area contributed by atoms with Crippen molar-refractivity contribution in [3.8, 4) is 0 Å². The number of carbonyl (C=O) groups excluding carboxylic acids is 1. The van der Waals surface area contributed by atoms with Gasteiger partial charge in [-0.3, -0.25) is 9.10 Å². The van der Waals surface area contributed by atoms with Crippen LogP contribution in [0, 0.1) is 0 Å². The molecule has 28 heavy (non-hydrogen) atoms. The zero-order valence-electron chi connectivity index (χ0n) is 16.6. The first kappa shape index (κ1) is 20.1. The predicted molar refractivity (Wildman–Crippen MR) is 112 cm³/mol. The fraction of sp³-hybridized carbons (Fsp3) is 0.318. The molecule has 0 spiro atoms. The van der Waals surface area contributed by atoms with Crippen molar-refractivity contribution in [2.45, 2.75) is 38.1 Å². The van der Waals surface area contributed by atoms with Gasteiger partial charge in [-0.25, -0.2) is 8.42 Å². The summed E-state index contributed by atoms with van der Waals surface area (Å²) < 4.78 is 28.2. The quantitative estimate of drug-likeness (QED) is 0.694. The first-order valence-electron chi connectivity index (χ1n) is 9.41. The number of hydrogen-bond donors (Lipinski definition) is 0. The second-order valence-corrected chi connectivity index (χ2v) is 9.10. The Kier molecular flexibility index (Phi) is 5.61. The van der Waals surface area contributed by atoms with Crippen molar-refractivity contribution in [3.05, 3.63) is 71.8 Å². The highest BCUT2D eigenvalue weighted by Gasteiger charge is 2.36. The van der Waals surface area contributed by atoms with Gasteiger partial charge in [0.25, 0.3) is 15.9 Å². The lowest BCUT2D eigenvalue weighted by Gasteiger charge is -2.25. The summed E-state index contributed by atoms with van der Waals surface area (Å²) in [6, 6.07) is 13.7. The maximum atomic E-state index is 13.4. The first-order chi connectivity index (χ1) is 13.3. The highest BCUT2D eigenvalue weighted by atomic mass is 32.2. The molecule has 0 saturated carbocycles. The van der Waals surface area contributed by atoms with Crippen LogP contribution in [-0.4, -0.2) is 38.4 Å². The number of anilines is 1. The van der Waals surface area contributed by atoms with Gasteiger partial charge in [-0.15, -0.1) is 0 Å². The van der Waals surface area contributed by atoms with Gasteiger partial charge in [-0.05, 0) is 57.0 Å². The number of para-hydroxylation sites is 1. The number of nitrogens with zero attached hydrogens (tertiary/aromatic N) is 2. The Hall–Kier alpha value is -2.60. The van der Waals surface area contributed by atoms with E-state index in [9.17, 15) is 13.2 Å². The zero-order chi connectivity index (χ0) is 20.5. The summed E-state index contributed by atoms with van der Waals surface area (Å²) in [5, 5.41) is 0. The van der Waals surface area contributed by atoms with E-state index in [1.807, 2.05) is 45.0 Å². The third kappa shape index (κ3) is 3.69. The molecule has 1 atom stereocenters. The van der Waals surface area contributed by atoms with Crippen LogP contribution in [-0.2, 0) is 16.4 Å². The number of benzene rings is 2. The number of likely N-dealkylation sites (N-methyl/N-ethyl adjacent to an activating group) is 1. The summed E-state index contributed by atoms with van der Waals surface area (Å²) in [6.45, 7) is 10.5. The zero-order valence-corrected chi connectivity index (χ0v) is 17.4. The summed E-state index contributed by atoms with van der Waals surface area (Å²) >= 11 is 0. The summed E-state index contributed by atoms with van der Waals surface area (Å²) in [5.41, 5.74) is 2.97. The highest BCUT2D eigenvalue weighted by molar-refractivity contribution is 7.92. The van der Waals surface area contributed by atoms with E-state index < -0.39 is 10.0 Å². The van der Waals surface area contributed by atoms with Gasteiger partial charge in [0.1, 0.15) is 0 Å². The molecule has 3 rings (SSSR count). The van der Waals surface area contributed by atoms with Crippen molar-refractivity contribution in [3.63, 3.8) is 0 Å². The molecule has 1 aliphatic heterocycles.